The molecule has 0 unspecified atom stereocenters. The van der Waals surface area contributed by atoms with Crippen LogP contribution in [0.2, 0.25) is 0 Å². The van der Waals surface area contributed by atoms with Gasteiger partial charge in [0.15, 0.2) is 0 Å². The molecule has 2 N–H and O–H groups in total. The number of carbonyl (C=O) groups is 1. The number of amides is 1. The Morgan fingerprint density at radius 3 is 2.28 bits per heavy atom. The van der Waals surface area contributed by atoms with Crippen molar-refractivity contribution < 1.29 is 4.79 Å². The van der Waals surface area contributed by atoms with Crippen molar-refractivity contribution in [3.63, 3.8) is 0 Å². The van der Waals surface area contributed by atoms with E-state index in [1.165, 1.54) is 24.3 Å². The average molecular weight is 466 g/mol. The van der Waals surface area contributed by atoms with Crippen molar-refractivity contribution in [2.75, 3.05) is 32.7 Å². The molecule has 1 saturated heterocycles. The summed E-state index contributed by atoms with van der Waals surface area (Å²) in [4.78, 5) is 22.1. The molecule has 1 aromatic heterocycles. The van der Waals surface area contributed by atoms with Crippen LogP contribution in [0.5, 0.6) is 0 Å². The number of nitrogens with two attached hydrogens (primary N) is 1. The Balaban J connectivity index is 0.00000210. The summed E-state index contributed by atoms with van der Waals surface area (Å²) in [5.41, 5.74) is 7.42. The lowest BCUT2D eigenvalue weighted by Gasteiger charge is -2.39. The minimum absolute atomic E-state index is 0. The highest BCUT2D eigenvalue weighted by molar-refractivity contribution is 7.09. The predicted octanol–water partition coefficient (Wildman–Crippen LogP) is 4.23. The van der Waals surface area contributed by atoms with Gasteiger partial charge >= 0.3 is 0 Å². The SMILES string of the molecule is CC(C)(C)c1nc(CN2CCN(C(=O)CC3(CN)CCCCC3)CC2)cs1.Cl.Cl. The molecule has 3 rings (SSSR count). The summed E-state index contributed by atoms with van der Waals surface area (Å²) >= 11 is 1.76. The number of hydrogen-bond donors (Lipinski definition) is 1. The van der Waals surface area contributed by atoms with E-state index >= 15 is 0 Å². The summed E-state index contributed by atoms with van der Waals surface area (Å²) in [6.45, 7) is 11.7. The number of rotatable bonds is 5. The van der Waals surface area contributed by atoms with Gasteiger partial charge in [-0.2, -0.15) is 0 Å². The third kappa shape index (κ3) is 7.06. The van der Waals surface area contributed by atoms with Crippen LogP contribution in [0.1, 0.15) is 70.0 Å². The van der Waals surface area contributed by atoms with Crippen LogP contribution in [-0.2, 0) is 16.8 Å². The monoisotopic (exact) mass is 464 g/mol. The minimum Gasteiger partial charge on any atom is -0.340 e. The molecule has 168 valence electrons. The van der Waals surface area contributed by atoms with Crippen LogP contribution in [0.15, 0.2) is 5.38 Å². The normalized spacial score (nSPS) is 19.9. The molecule has 0 radical (unpaired) electrons. The Labute approximate surface area is 192 Å². The van der Waals surface area contributed by atoms with Crippen molar-refractivity contribution >= 4 is 42.1 Å². The molecule has 0 aromatic carbocycles. The van der Waals surface area contributed by atoms with Gasteiger partial charge in [0, 0.05) is 49.9 Å². The van der Waals surface area contributed by atoms with E-state index in [-0.39, 0.29) is 35.6 Å². The van der Waals surface area contributed by atoms with Gasteiger partial charge < -0.3 is 10.6 Å². The molecule has 0 atom stereocenters. The van der Waals surface area contributed by atoms with Gasteiger partial charge in [-0.05, 0) is 24.8 Å². The highest BCUT2D eigenvalue weighted by atomic mass is 35.5. The van der Waals surface area contributed by atoms with Crippen molar-refractivity contribution in [3.05, 3.63) is 16.1 Å². The number of hydrogen-bond acceptors (Lipinski definition) is 5. The molecule has 2 fully saturated rings. The maximum atomic E-state index is 12.9. The van der Waals surface area contributed by atoms with E-state index < -0.39 is 0 Å². The second-order valence-electron chi connectivity index (χ2n) is 9.49. The molecule has 1 aliphatic heterocycles. The lowest BCUT2D eigenvalue weighted by Crippen LogP contribution is -2.50. The van der Waals surface area contributed by atoms with E-state index in [0.717, 1.165) is 51.3 Å². The summed E-state index contributed by atoms with van der Waals surface area (Å²) in [6.07, 6.45) is 6.63. The summed E-state index contributed by atoms with van der Waals surface area (Å²) in [7, 11) is 0. The van der Waals surface area contributed by atoms with Crippen molar-refractivity contribution in [1.29, 1.82) is 0 Å². The largest absolute Gasteiger partial charge is 0.340 e. The maximum absolute atomic E-state index is 12.9. The minimum atomic E-state index is 0. The molecule has 1 aliphatic carbocycles. The molecule has 1 amide bonds. The average Bonchev–Trinajstić information content (AvgIpc) is 3.12. The molecule has 29 heavy (non-hydrogen) atoms. The maximum Gasteiger partial charge on any atom is 0.223 e. The van der Waals surface area contributed by atoms with Crippen molar-refractivity contribution in [1.82, 2.24) is 14.8 Å². The van der Waals surface area contributed by atoms with E-state index in [1.807, 2.05) is 0 Å². The Hall–Kier alpha value is -0.400. The van der Waals surface area contributed by atoms with Gasteiger partial charge in [0.2, 0.25) is 5.91 Å². The van der Waals surface area contributed by atoms with Crippen LogP contribution in [0, 0.1) is 5.41 Å². The zero-order valence-electron chi connectivity index (χ0n) is 18.1. The first-order valence-electron chi connectivity index (χ1n) is 10.5. The summed E-state index contributed by atoms with van der Waals surface area (Å²) < 4.78 is 0. The molecule has 8 heteroatoms. The van der Waals surface area contributed by atoms with Crippen LogP contribution < -0.4 is 5.73 Å². The summed E-state index contributed by atoms with van der Waals surface area (Å²) in [6, 6.07) is 0. The Bertz CT molecular complexity index is 633. The van der Waals surface area contributed by atoms with E-state index in [4.69, 9.17) is 10.7 Å². The molecule has 0 bridgehead atoms. The number of nitrogens with zero attached hydrogens (tertiary/aromatic N) is 3. The van der Waals surface area contributed by atoms with Crippen LogP contribution in [-0.4, -0.2) is 53.4 Å². The van der Waals surface area contributed by atoms with Gasteiger partial charge in [-0.15, -0.1) is 36.2 Å². The molecular formula is C21H38Cl2N4OS. The number of halogens is 2. The first-order valence-corrected chi connectivity index (χ1v) is 11.3. The van der Waals surface area contributed by atoms with Crippen LogP contribution in [0.4, 0.5) is 0 Å². The Kier molecular flexibility index (Phi) is 10.4. The molecule has 2 aliphatic rings. The first kappa shape index (κ1) is 26.6. The number of carbonyl (C=O) groups excluding carboxylic acids is 1. The van der Waals surface area contributed by atoms with Crippen LogP contribution in [0.25, 0.3) is 0 Å². The second kappa shape index (κ2) is 11.3. The zero-order valence-corrected chi connectivity index (χ0v) is 20.6. The standard InChI is InChI=1S/C21H36N4OS.2ClH/c1-20(2,3)19-23-17(15-27-19)14-24-9-11-25(12-10-24)18(26)13-21(16-22)7-5-4-6-8-21;;/h15H,4-14,16,22H2,1-3H3;2*1H. The third-order valence-electron chi connectivity index (χ3n) is 6.18. The molecule has 0 spiro atoms. The van der Waals surface area contributed by atoms with Gasteiger partial charge in [0.25, 0.3) is 0 Å². The van der Waals surface area contributed by atoms with Gasteiger partial charge in [-0.3, -0.25) is 9.69 Å². The molecular weight excluding hydrogens is 427 g/mol. The topological polar surface area (TPSA) is 62.5 Å². The number of aromatic nitrogens is 1. The second-order valence-corrected chi connectivity index (χ2v) is 10.4. The Morgan fingerprint density at radius 1 is 1.14 bits per heavy atom. The highest BCUT2D eigenvalue weighted by Gasteiger charge is 2.35. The van der Waals surface area contributed by atoms with E-state index in [2.05, 4.69) is 36.0 Å². The van der Waals surface area contributed by atoms with Gasteiger partial charge in [0.05, 0.1) is 10.7 Å². The molecule has 1 aromatic rings. The van der Waals surface area contributed by atoms with Crippen LogP contribution >= 0.6 is 36.2 Å². The van der Waals surface area contributed by atoms with Gasteiger partial charge in [-0.25, -0.2) is 4.98 Å². The number of piperazine rings is 1. The quantitative estimate of drug-likeness (QED) is 0.707. The van der Waals surface area contributed by atoms with Crippen molar-refractivity contribution in [2.45, 2.75) is 71.3 Å². The molecule has 5 nitrogen and oxygen atoms in total. The highest BCUT2D eigenvalue weighted by Crippen LogP contribution is 2.38. The van der Waals surface area contributed by atoms with E-state index in [9.17, 15) is 4.79 Å². The van der Waals surface area contributed by atoms with E-state index in [1.54, 1.807) is 11.3 Å². The first-order chi connectivity index (χ1) is 12.8. The van der Waals surface area contributed by atoms with Crippen molar-refractivity contribution in [3.8, 4) is 0 Å². The fraction of sp³-hybridized carbons (Fsp3) is 0.810. The molecule has 2 heterocycles. The fourth-order valence-electron chi connectivity index (χ4n) is 4.30. The van der Waals surface area contributed by atoms with Crippen LogP contribution in [0.3, 0.4) is 0 Å². The molecule has 1 saturated carbocycles. The Morgan fingerprint density at radius 2 is 1.76 bits per heavy atom. The fourth-order valence-corrected chi connectivity index (χ4v) is 5.19. The number of thiazole rings is 1. The smallest absolute Gasteiger partial charge is 0.223 e. The van der Waals surface area contributed by atoms with Gasteiger partial charge in [0.1, 0.15) is 0 Å². The van der Waals surface area contributed by atoms with Crippen molar-refractivity contribution in [2.24, 2.45) is 11.1 Å². The summed E-state index contributed by atoms with van der Waals surface area (Å²) in [5, 5.41) is 3.39. The van der Waals surface area contributed by atoms with E-state index in [0.29, 0.717) is 18.9 Å². The predicted molar refractivity (Wildman–Crippen MR) is 126 cm³/mol. The summed E-state index contributed by atoms with van der Waals surface area (Å²) in [5.74, 6) is 0.311. The lowest BCUT2D eigenvalue weighted by atomic mass is 9.71. The third-order valence-corrected chi connectivity index (χ3v) is 7.49. The van der Waals surface area contributed by atoms with Gasteiger partial charge in [-0.1, -0.05) is 40.0 Å². The lowest BCUT2D eigenvalue weighted by molar-refractivity contribution is -0.136. The zero-order chi connectivity index (χ0) is 19.5.